The Kier molecular flexibility index (Phi) is 5.23. The van der Waals surface area contributed by atoms with Crippen LogP contribution < -0.4 is 10.1 Å². The highest BCUT2D eigenvalue weighted by molar-refractivity contribution is 6.00. The Morgan fingerprint density at radius 1 is 1.25 bits per heavy atom. The minimum Gasteiger partial charge on any atom is -0.464 e. The zero-order valence-corrected chi connectivity index (χ0v) is 14.1. The number of β-lactam (4-membered cyclic amide) rings is 1. The van der Waals surface area contributed by atoms with E-state index in [0.717, 1.165) is 11.5 Å². The Labute approximate surface area is 140 Å². The number of hydrogen-bond acceptors (Lipinski definition) is 5. The van der Waals surface area contributed by atoms with Crippen LogP contribution in [0.15, 0.2) is 35.5 Å². The van der Waals surface area contributed by atoms with Gasteiger partial charge in [0.1, 0.15) is 23.2 Å². The highest BCUT2D eigenvalue weighted by Gasteiger charge is 2.41. The quantitative estimate of drug-likeness (QED) is 0.524. The summed E-state index contributed by atoms with van der Waals surface area (Å²) in [5, 5.41) is 2.50. The lowest BCUT2D eigenvalue weighted by molar-refractivity contribution is -0.149. The molecule has 1 fully saturated rings. The minimum absolute atomic E-state index is 0.249. The summed E-state index contributed by atoms with van der Waals surface area (Å²) in [5.74, 6) is 0.872. The van der Waals surface area contributed by atoms with Crippen molar-refractivity contribution in [3.8, 4) is 11.5 Å². The molecule has 1 saturated heterocycles. The van der Waals surface area contributed by atoms with Crippen LogP contribution in [0, 0.1) is 0 Å². The van der Waals surface area contributed by atoms with Gasteiger partial charge < -0.3 is 19.7 Å². The number of fused-ring (bicyclic) bond motifs is 2. The van der Waals surface area contributed by atoms with Crippen LogP contribution in [0.3, 0.4) is 0 Å². The fraction of sp³-hybridized carbons (Fsp3) is 0.353. The molecular weight excluding hydrogens is 312 g/mol. The van der Waals surface area contributed by atoms with E-state index in [-0.39, 0.29) is 17.5 Å². The van der Waals surface area contributed by atoms with Crippen molar-refractivity contribution in [2.75, 3.05) is 13.7 Å². The third-order valence-corrected chi connectivity index (χ3v) is 3.47. The molecule has 0 radical (unpaired) electrons. The van der Waals surface area contributed by atoms with Crippen LogP contribution in [0.4, 0.5) is 0 Å². The molecule has 1 N–H and O–H groups in total. The van der Waals surface area contributed by atoms with Gasteiger partial charge in [-0.25, -0.2) is 4.79 Å². The van der Waals surface area contributed by atoms with E-state index in [0.29, 0.717) is 12.1 Å². The van der Waals surface area contributed by atoms with Crippen molar-refractivity contribution in [2.45, 2.75) is 26.8 Å². The topological polar surface area (TPSA) is 84.9 Å². The highest BCUT2D eigenvalue weighted by Crippen LogP contribution is 2.32. The van der Waals surface area contributed by atoms with Crippen LogP contribution in [0.5, 0.6) is 11.5 Å². The highest BCUT2D eigenvalue weighted by atomic mass is 16.5. The van der Waals surface area contributed by atoms with Crippen molar-refractivity contribution in [1.82, 2.24) is 10.2 Å². The fourth-order valence-corrected chi connectivity index (χ4v) is 2.34. The zero-order chi connectivity index (χ0) is 17.9. The minimum atomic E-state index is -0.542. The largest absolute Gasteiger partial charge is 0.464 e. The molecule has 7 nitrogen and oxygen atoms in total. The molecule has 1 aromatic carbocycles. The molecule has 128 valence electrons. The normalized spacial score (nSPS) is 16.4. The molecule has 0 saturated carbocycles. The number of carbonyl (C=O) groups is 3. The van der Waals surface area contributed by atoms with Crippen molar-refractivity contribution in [3.05, 3.63) is 35.5 Å². The number of amides is 2. The lowest BCUT2D eigenvalue weighted by atomic mass is 10.0. The average Bonchev–Trinajstić information content (AvgIpc) is 2.53. The molecular formula is C17H20N2O5. The standard InChI is InChI=1S/C11H16N2O4.C6H4O/c1-6(2)9(11(16)17-4)13-5-8(10(13)15)12-7(3)14;1-2-5-4-6(3-1)7-5/h8H,5H2,1-4H3,(H,12,14);1-4H. The summed E-state index contributed by atoms with van der Waals surface area (Å²) >= 11 is 0. The molecule has 7 heteroatoms. The maximum Gasteiger partial charge on any atom is 0.354 e. The Bertz CT molecular complexity index is 682. The number of ether oxygens (including phenoxy) is 2. The maximum atomic E-state index is 11.7. The van der Waals surface area contributed by atoms with Gasteiger partial charge in [-0.2, -0.15) is 0 Å². The number of hydrogen-bond donors (Lipinski definition) is 1. The van der Waals surface area contributed by atoms with Crippen molar-refractivity contribution in [3.63, 3.8) is 0 Å². The summed E-state index contributed by atoms with van der Waals surface area (Å²) in [6, 6.07) is 7.32. The molecule has 2 bridgehead atoms. The predicted molar refractivity (Wildman–Crippen MR) is 86.2 cm³/mol. The van der Waals surface area contributed by atoms with Crippen LogP contribution in [0.25, 0.3) is 0 Å². The number of nitrogens with zero attached hydrogens (tertiary/aromatic N) is 1. The van der Waals surface area contributed by atoms with Gasteiger partial charge >= 0.3 is 5.97 Å². The lowest BCUT2D eigenvalue weighted by Crippen LogP contribution is -2.63. The lowest BCUT2D eigenvalue weighted by Gasteiger charge is -2.39. The van der Waals surface area contributed by atoms with E-state index in [1.54, 1.807) is 13.8 Å². The van der Waals surface area contributed by atoms with Crippen LogP contribution in [-0.2, 0) is 19.1 Å². The Morgan fingerprint density at radius 2 is 1.83 bits per heavy atom. The van der Waals surface area contributed by atoms with E-state index < -0.39 is 12.0 Å². The number of esters is 1. The molecule has 1 aromatic rings. The van der Waals surface area contributed by atoms with Crippen molar-refractivity contribution in [2.24, 2.45) is 0 Å². The molecule has 1 atom stereocenters. The van der Waals surface area contributed by atoms with Crippen molar-refractivity contribution < 1.29 is 23.9 Å². The number of likely N-dealkylation sites (tertiary alicyclic amines) is 1. The predicted octanol–water partition coefficient (Wildman–Crippen LogP) is 1.59. The second kappa shape index (κ2) is 7.16. The fourth-order valence-electron chi connectivity index (χ4n) is 2.34. The Hall–Kier alpha value is -2.83. The summed E-state index contributed by atoms with van der Waals surface area (Å²) in [5.41, 5.74) is 0.950. The molecule has 4 rings (SSSR count). The second-order valence-electron chi connectivity index (χ2n) is 5.62. The molecule has 0 aromatic heterocycles. The third kappa shape index (κ3) is 3.73. The van der Waals surface area contributed by atoms with Crippen LogP contribution in [-0.4, -0.2) is 42.4 Å². The van der Waals surface area contributed by atoms with Gasteiger partial charge in [0, 0.05) is 13.0 Å². The first-order chi connectivity index (χ1) is 11.3. The molecule has 2 amide bonds. The summed E-state index contributed by atoms with van der Waals surface area (Å²) in [6.45, 7) is 5.10. The van der Waals surface area contributed by atoms with Gasteiger partial charge in [-0.15, -0.1) is 0 Å². The van der Waals surface area contributed by atoms with Crippen molar-refractivity contribution >= 4 is 17.8 Å². The van der Waals surface area contributed by atoms with Gasteiger partial charge in [-0.3, -0.25) is 9.59 Å². The first-order valence-corrected chi connectivity index (χ1v) is 7.45. The van der Waals surface area contributed by atoms with Gasteiger partial charge in [0.15, 0.2) is 0 Å². The molecule has 3 heterocycles. The Balaban J connectivity index is 0.000000242. The average molecular weight is 332 g/mol. The van der Waals surface area contributed by atoms with E-state index in [2.05, 4.69) is 10.1 Å². The Morgan fingerprint density at radius 3 is 2.12 bits per heavy atom. The summed E-state index contributed by atoms with van der Waals surface area (Å²) in [7, 11) is 1.26. The molecule has 0 spiro atoms. The van der Waals surface area contributed by atoms with E-state index in [9.17, 15) is 14.4 Å². The van der Waals surface area contributed by atoms with Gasteiger partial charge in [0.25, 0.3) is 5.91 Å². The second-order valence-corrected chi connectivity index (χ2v) is 5.62. The van der Waals surface area contributed by atoms with Crippen LogP contribution in [0.1, 0.15) is 20.8 Å². The SMILES string of the molecule is COC(=O)C(=C(C)C)N1CC(NC(C)=O)C1=O.c1cc2cc(c1)O2. The molecule has 0 aliphatic carbocycles. The van der Waals surface area contributed by atoms with Crippen molar-refractivity contribution in [1.29, 1.82) is 0 Å². The third-order valence-electron chi connectivity index (χ3n) is 3.47. The number of methoxy groups -OCH3 is 1. The zero-order valence-electron chi connectivity index (χ0n) is 14.1. The van der Waals surface area contributed by atoms with E-state index in [1.807, 2.05) is 24.3 Å². The van der Waals surface area contributed by atoms with Gasteiger partial charge in [0.05, 0.1) is 13.7 Å². The van der Waals surface area contributed by atoms with Gasteiger partial charge in [0.2, 0.25) is 5.91 Å². The molecule has 1 unspecified atom stereocenters. The summed E-state index contributed by atoms with van der Waals surface area (Å²) in [6.07, 6.45) is 0. The maximum absolute atomic E-state index is 11.7. The van der Waals surface area contributed by atoms with Crippen LogP contribution >= 0.6 is 0 Å². The van der Waals surface area contributed by atoms with Crippen LogP contribution in [0.2, 0.25) is 0 Å². The summed E-state index contributed by atoms with van der Waals surface area (Å²) in [4.78, 5) is 35.4. The number of allylic oxidation sites excluding steroid dienone is 1. The van der Waals surface area contributed by atoms with Gasteiger partial charge in [-0.05, 0) is 31.6 Å². The first-order valence-electron chi connectivity index (χ1n) is 7.45. The molecule has 24 heavy (non-hydrogen) atoms. The van der Waals surface area contributed by atoms with E-state index in [4.69, 9.17) is 4.74 Å². The van der Waals surface area contributed by atoms with E-state index in [1.165, 1.54) is 18.9 Å². The molecule has 3 aliphatic rings. The smallest absolute Gasteiger partial charge is 0.354 e. The molecule has 3 aliphatic heterocycles. The summed E-state index contributed by atoms with van der Waals surface area (Å²) < 4.78 is 9.63. The first kappa shape index (κ1) is 17.5. The van der Waals surface area contributed by atoms with E-state index >= 15 is 0 Å². The van der Waals surface area contributed by atoms with Gasteiger partial charge in [-0.1, -0.05) is 6.07 Å². The monoisotopic (exact) mass is 332 g/mol. The number of benzene rings is 1. The number of carbonyl (C=O) groups excluding carboxylic acids is 3. The number of nitrogens with one attached hydrogen (secondary N) is 1. The number of rotatable bonds is 3.